The Morgan fingerprint density at radius 3 is 2.65 bits per heavy atom. The second kappa shape index (κ2) is 8.87. The molecule has 5 rings (SSSR count). The number of para-hydroxylation sites is 1. The first-order valence-electron chi connectivity index (χ1n) is 11.0. The number of hydrogen-bond acceptors (Lipinski definition) is 5. The Morgan fingerprint density at radius 2 is 1.85 bits per heavy atom. The molecule has 0 fully saturated rings. The fourth-order valence-corrected chi connectivity index (χ4v) is 4.76. The predicted octanol–water partition coefficient (Wildman–Crippen LogP) is 5.68. The van der Waals surface area contributed by atoms with Crippen molar-refractivity contribution in [3.8, 4) is 17.2 Å². The second-order valence-corrected chi connectivity index (χ2v) is 9.28. The van der Waals surface area contributed by atoms with Crippen molar-refractivity contribution >= 4 is 34.5 Å². The normalized spacial score (nSPS) is 11.3. The van der Waals surface area contributed by atoms with Gasteiger partial charge in [-0.25, -0.2) is 0 Å². The molecule has 1 N–H and O–H groups in total. The number of fused-ring (bicyclic) bond motifs is 1. The van der Waals surface area contributed by atoms with Gasteiger partial charge < -0.3 is 14.3 Å². The molecule has 0 radical (unpaired) electrons. The van der Waals surface area contributed by atoms with Crippen LogP contribution in [-0.4, -0.2) is 31.0 Å². The van der Waals surface area contributed by atoms with Crippen LogP contribution in [0.3, 0.4) is 0 Å². The smallest absolute Gasteiger partial charge is 0.234 e. The molecule has 8 heteroatoms. The molecule has 2 aromatic carbocycles. The number of thioether (sulfide) groups is 1. The van der Waals surface area contributed by atoms with Gasteiger partial charge in [-0.3, -0.25) is 9.36 Å². The van der Waals surface area contributed by atoms with E-state index in [1.807, 2.05) is 78.6 Å². The summed E-state index contributed by atoms with van der Waals surface area (Å²) in [5.41, 5.74) is 7.68. The number of benzene rings is 2. The average Bonchev–Trinajstić information content (AvgIpc) is 3.51. The zero-order valence-electron chi connectivity index (χ0n) is 19.5. The quantitative estimate of drug-likeness (QED) is 0.323. The standard InChI is InChI=1S/C26H25N5O2S/c1-16-9-10-17(2)19(13-16)27-24(32)15-34-26-29-28-25(31(26)20-8-6-5-7-18(20)3)22-14-23-21(30(22)4)11-12-33-23/h5-14H,15H2,1-4H3,(H,27,32). The Hall–Kier alpha value is -3.78. The van der Waals surface area contributed by atoms with E-state index in [-0.39, 0.29) is 11.7 Å². The Kier molecular flexibility index (Phi) is 5.75. The lowest BCUT2D eigenvalue weighted by molar-refractivity contribution is -0.113. The summed E-state index contributed by atoms with van der Waals surface area (Å²) in [6.45, 7) is 6.05. The van der Waals surface area contributed by atoms with Crippen molar-refractivity contribution in [2.24, 2.45) is 7.05 Å². The van der Waals surface area contributed by atoms with E-state index < -0.39 is 0 Å². The molecule has 34 heavy (non-hydrogen) atoms. The zero-order chi connectivity index (χ0) is 23.8. The lowest BCUT2D eigenvalue weighted by atomic mass is 10.1. The fourth-order valence-electron chi connectivity index (χ4n) is 4.01. The summed E-state index contributed by atoms with van der Waals surface area (Å²) in [5.74, 6) is 0.823. The number of carbonyl (C=O) groups is 1. The first kappa shape index (κ1) is 22.0. The first-order chi connectivity index (χ1) is 16.4. The third-order valence-electron chi connectivity index (χ3n) is 5.88. The van der Waals surface area contributed by atoms with E-state index in [4.69, 9.17) is 4.42 Å². The minimum absolute atomic E-state index is 0.0871. The van der Waals surface area contributed by atoms with Gasteiger partial charge in [0.15, 0.2) is 16.6 Å². The topological polar surface area (TPSA) is 77.9 Å². The van der Waals surface area contributed by atoms with Crippen molar-refractivity contribution in [2.45, 2.75) is 25.9 Å². The maximum atomic E-state index is 12.8. The number of aryl methyl sites for hydroxylation is 4. The number of nitrogens with one attached hydrogen (secondary N) is 1. The Balaban J connectivity index is 1.48. The van der Waals surface area contributed by atoms with Gasteiger partial charge in [0.1, 0.15) is 0 Å². The highest BCUT2D eigenvalue weighted by atomic mass is 32.2. The number of amides is 1. The Labute approximate surface area is 201 Å². The number of hydrogen-bond donors (Lipinski definition) is 1. The molecule has 0 bridgehead atoms. The van der Waals surface area contributed by atoms with Crippen molar-refractivity contribution in [1.29, 1.82) is 0 Å². The summed E-state index contributed by atoms with van der Waals surface area (Å²) in [4.78, 5) is 12.8. The van der Waals surface area contributed by atoms with Gasteiger partial charge in [0, 0.05) is 24.9 Å². The van der Waals surface area contributed by atoms with Gasteiger partial charge in [-0.1, -0.05) is 42.1 Å². The van der Waals surface area contributed by atoms with Gasteiger partial charge in [-0.15, -0.1) is 10.2 Å². The molecule has 7 nitrogen and oxygen atoms in total. The van der Waals surface area contributed by atoms with Crippen LogP contribution in [0.4, 0.5) is 5.69 Å². The summed E-state index contributed by atoms with van der Waals surface area (Å²) in [6.07, 6.45) is 1.68. The van der Waals surface area contributed by atoms with Crippen LogP contribution in [-0.2, 0) is 11.8 Å². The van der Waals surface area contributed by atoms with E-state index in [0.29, 0.717) is 11.0 Å². The van der Waals surface area contributed by atoms with Gasteiger partial charge in [0.05, 0.1) is 28.9 Å². The lowest BCUT2D eigenvalue weighted by Crippen LogP contribution is -2.15. The predicted molar refractivity (Wildman–Crippen MR) is 136 cm³/mol. The molecule has 0 unspecified atom stereocenters. The maximum Gasteiger partial charge on any atom is 0.234 e. The van der Waals surface area contributed by atoms with Crippen molar-refractivity contribution < 1.29 is 9.21 Å². The average molecular weight is 472 g/mol. The van der Waals surface area contributed by atoms with Crippen LogP contribution in [0.25, 0.3) is 28.3 Å². The number of nitrogens with zero attached hydrogens (tertiary/aromatic N) is 4. The van der Waals surface area contributed by atoms with E-state index >= 15 is 0 Å². The van der Waals surface area contributed by atoms with Gasteiger partial charge in [-0.05, 0) is 49.6 Å². The molecular formula is C26H25N5O2S. The number of furan rings is 1. The highest BCUT2D eigenvalue weighted by Crippen LogP contribution is 2.32. The van der Waals surface area contributed by atoms with Gasteiger partial charge in [0.25, 0.3) is 0 Å². The van der Waals surface area contributed by atoms with E-state index in [9.17, 15) is 4.79 Å². The summed E-state index contributed by atoms with van der Waals surface area (Å²) in [6, 6.07) is 18.0. The van der Waals surface area contributed by atoms with E-state index in [2.05, 4.69) is 28.5 Å². The number of anilines is 1. The lowest BCUT2D eigenvalue weighted by Gasteiger charge is -2.13. The van der Waals surface area contributed by atoms with Crippen molar-refractivity contribution in [3.63, 3.8) is 0 Å². The molecule has 3 heterocycles. The van der Waals surface area contributed by atoms with Crippen LogP contribution in [0.2, 0.25) is 0 Å². The minimum Gasteiger partial charge on any atom is -0.463 e. The third-order valence-corrected chi connectivity index (χ3v) is 6.81. The third kappa shape index (κ3) is 4.01. The van der Waals surface area contributed by atoms with Crippen LogP contribution in [0.15, 0.2) is 70.4 Å². The van der Waals surface area contributed by atoms with Crippen molar-refractivity contribution in [1.82, 2.24) is 19.3 Å². The van der Waals surface area contributed by atoms with Crippen LogP contribution >= 0.6 is 11.8 Å². The summed E-state index contributed by atoms with van der Waals surface area (Å²) in [7, 11) is 1.98. The first-order valence-corrected chi connectivity index (χ1v) is 12.0. The van der Waals surface area contributed by atoms with Gasteiger partial charge in [-0.2, -0.15) is 0 Å². The minimum atomic E-state index is -0.0871. The summed E-state index contributed by atoms with van der Waals surface area (Å²) < 4.78 is 9.65. The Bertz CT molecular complexity index is 1510. The molecule has 0 saturated carbocycles. The van der Waals surface area contributed by atoms with Crippen LogP contribution in [0.1, 0.15) is 16.7 Å². The monoisotopic (exact) mass is 471 g/mol. The number of aromatic nitrogens is 4. The fraction of sp³-hybridized carbons (Fsp3) is 0.192. The molecule has 0 spiro atoms. The molecule has 3 aromatic heterocycles. The molecular weight excluding hydrogens is 446 g/mol. The van der Waals surface area contributed by atoms with Gasteiger partial charge in [0.2, 0.25) is 5.91 Å². The molecule has 0 aliphatic heterocycles. The van der Waals surface area contributed by atoms with Gasteiger partial charge >= 0.3 is 0 Å². The highest BCUT2D eigenvalue weighted by molar-refractivity contribution is 7.99. The second-order valence-electron chi connectivity index (χ2n) is 8.34. The molecule has 0 atom stereocenters. The van der Waals surface area contributed by atoms with E-state index in [1.54, 1.807) is 6.26 Å². The van der Waals surface area contributed by atoms with Crippen molar-refractivity contribution in [2.75, 3.05) is 11.1 Å². The SMILES string of the molecule is Cc1ccc(C)c(NC(=O)CSc2nnc(-c3cc4occc4n3C)n2-c2ccccc2C)c1. The molecule has 5 aromatic rings. The van der Waals surface area contributed by atoms with E-state index in [0.717, 1.165) is 44.9 Å². The maximum absolute atomic E-state index is 12.8. The molecule has 172 valence electrons. The summed E-state index contributed by atoms with van der Waals surface area (Å²) in [5, 5.41) is 12.7. The van der Waals surface area contributed by atoms with Crippen LogP contribution in [0, 0.1) is 20.8 Å². The Morgan fingerprint density at radius 1 is 1.03 bits per heavy atom. The highest BCUT2D eigenvalue weighted by Gasteiger charge is 2.22. The zero-order valence-corrected chi connectivity index (χ0v) is 20.3. The number of rotatable bonds is 6. The largest absolute Gasteiger partial charge is 0.463 e. The molecule has 0 aliphatic carbocycles. The molecule has 0 saturated heterocycles. The van der Waals surface area contributed by atoms with Crippen LogP contribution in [0.5, 0.6) is 0 Å². The number of carbonyl (C=O) groups excluding carboxylic acids is 1. The van der Waals surface area contributed by atoms with Crippen molar-refractivity contribution in [3.05, 3.63) is 77.6 Å². The molecule has 0 aliphatic rings. The molecule has 1 amide bonds. The van der Waals surface area contributed by atoms with E-state index in [1.165, 1.54) is 11.8 Å². The summed E-state index contributed by atoms with van der Waals surface area (Å²) >= 11 is 1.36. The van der Waals surface area contributed by atoms with Crippen LogP contribution < -0.4 is 5.32 Å².